The Morgan fingerprint density at radius 2 is 1.68 bits per heavy atom. The molecular formula is C18H31NO6. The molecule has 0 unspecified atom stereocenters. The van der Waals surface area contributed by atoms with Gasteiger partial charge in [0.05, 0.1) is 12.2 Å². The summed E-state index contributed by atoms with van der Waals surface area (Å²) in [4.78, 5) is 26.7. The first-order valence-corrected chi connectivity index (χ1v) is 9.09. The predicted octanol–water partition coefficient (Wildman–Crippen LogP) is 2.11. The van der Waals surface area contributed by atoms with Crippen LogP contribution in [-0.4, -0.2) is 66.2 Å². The minimum atomic E-state index is -1.16. The molecule has 25 heavy (non-hydrogen) atoms. The molecule has 1 N–H and O–H groups in total. The quantitative estimate of drug-likeness (QED) is 0.779. The average molecular weight is 357 g/mol. The normalized spacial score (nSPS) is 23.0. The van der Waals surface area contributed by atoms with E-state index in [1.54, 1.807) is 11.8 Å². The van der Waals surface area contributed by atoms with E-state index < -0.39 is 16.6 Å². The van der Waals surface area contributed by atoms with Gasteiger partial charge >= 0.3 is 12.1 Å². The van der Waals surface area contributed by atoms with Crippen LogP contribution in [0.5, 0.6) is 0 Å². The molecule has 144 valence electrons. The summed E-state index contributed by atoms with van der Waals surface area (Å²) in [7, 11) is 0. The van der Waals surface area contributed by atoms with Gasteiger partial charge in [0.2, 0.25) is 0 Å². The fourth-order valence-electron chi connectivity index (χ4n) is 3.71. The van der Waals surface area contributed by atoms with Gasteiger partial charge in [-0.1, -0.05) is 0 Å². The largest absolute Gasteiger partial charge is 0.465 e. The standard InChI is InChI=1S/C18H31NO6/c1-5-24-14(20)17(18(22)8-12-23-13-9-18)6-10-19(11-7-17)15(21)25-16(2,3)4/h22H,5-13H2,1-4H3. The van der Waals surface area contributed by atoms with Crippen LogP contribution < -0.4 is 0 Å². The molecule has 7 heteroatoms. The lowest BCUT2D eigenvalue weighted by Gasteiger charge is -2.50. The molecule has 0 aliphatic carbocycles. The number of carbonyl (C=O) groups is 2. The molecule has 2 rings (SSSR count). The number of piperidine rings is 1. The summed E-state index contributed by atoms with van der Waals surface area (Å²) in [6, 6.07) is 0. The molecule has 0 bridgehead atoms. The van der Waals surface area contributed by atoms with Gasteiger partial charge in [-0.15, -0.1) is 0 Å². The molecule has 2 aliphatic heterocycles. The van der Waals surface area contributed by atoms with Crippen LogP contribution in [0.1, 0.15) is 53.4 Å². The number of amides is 1. The van der Waals surface area contributed by atoms with Crippen molar-refractivity contribution in [2.75, 3.05) is 32.9 Å². The fraction of sp³-hybridized carbons (Fsp3) is 0.889. The fourth-order valence-corrected chi connectivity index (χ4v) is 3.71. The van der Waals surface area contributed by atoms with Crippen molar-refractivity contribution in [1.82, 2.24) is 4.90 Å². The first-order valence-electron chi connectivity index (χ1n) is 9.09. The summed E-state index contributed by atoms with van der Waals surface area (Å²) in [5, 5.41) is 11.2. The summed E-state index contributed by atoms with van der Waals surface area (Å²) in [5.41, 5.74) is -2.71. The zero-order chi connectivity index (χ0) is 18.7. The van der Waals surface area contributed by atoms with E-state index in [4.69, 9.17) is 14.2 Å². The lowest BCUT2D eigenvalue weighted by Crippen LogP contribution is -2.61. The third-order valence-electron chi connectivity index (χ3n) is 5.15. The van der Waals surface area contributed by atoms with Crippen molar-refractivity contribution in [3.8, 4) is 0 Å². The SMILES string of the molecule is CCOC(=O)C1(C2(O)CCOCC2)CCN(C(=O)OC(C)(C)C)CC1. The summed E-state index contributed by atoms with van der Waals surface area (Å²) in [5.74, 6) is -0.372. The van der Waals surface area contributed by atoms with Crippen molar-refractivity contribution in [1.29, 1.82) is 0 Å². The molecule has 0 aromatic carbocycles. The second kappa shape index (κ2) is 7.50. The zero-order valence-corrected chi connectivity index (χ0v) is 15.8. The molecular weight excluding hydrogens is 326 g/mol. The predicted molar refractivity (Wildman–Crippen MR) is 91.1 cm³/mol. The van der Waals surface area contributed by atoms with Crippen molar-refractivity contribution in [2.24, 2.45) is 5.41 Å². The molecule has 2 heterocycles. The number of hydrogen-bond donors (Lipinski definition) is 1. The van der Waals surface area contributed by atoms with Crippen LogP contribution >= 0.6 is 0 Å². The first kappa shape index (κ1) is 20.0. The highest BCUT2D eigenvalue weighted by atomic mass is 16.6. The second-order valence-electron chi connectivity index (χ2n) is 7.91. The zero-order valence-electron chi connectivity index (χ0n) is 15.8. The third-order valence-corrected chi connectivity index (χ3v) is 5.15. The van der Waals surface area contributed by atoms with Gasteiger partial charge in [0.1, 0.15) is 11.0 Å². The number of carbonyl (C=O) groups excluding carboxylic acids is 2. The van der Waals surface area contributed by atoms with E-state index in [-0.39, 0.29) is 18.7 Å². The Bertz CT molecular complexity index is 484. The van der Waals surface area contributed by atoms with E-state index in [2.05, 4.69) is 0 Å². The minimum absolute atomic E-state index is 0.267. The van der Waals surface area contributed by atoms with E-state index in [1.807, 2.05) is 20.8 Å². The maximum atomic E-state index is 12.8. The highest BCUT2D eigenvalue weighted by Crippen LogP contribution is 2.47. The molecule has 2 aliphatic rings. The third kappa shape index (κ3) is 4.26. The number of hydrogen-bond acceptors (Lipinski definition) is 6. The van der Waals surface area contributed by atoms with Crippen LogP contribution in [0.2, 0.25) is 0 Å². The molecule has 0 aromatic rings. The van der Waals surface area contributed by atoms with E-state index in [9.17, 15) is 14.7 Å². The first-order chi connectivity index (χ1) is 11.6. The Labute approximate surface area is 149 Å². The summed E-state index contributed by atoms with van der Waals surface area (Å²) >= 11 is 0. The summed E-state index contributed by atoms with van der Waals surface area (Å²) in [6.07, 6.45) is 1.14. The molecule has 2 saturated heterocycles. The molecule has 1 amide bonds. The highest BCUT2D eigenvalue weighted by Gasteiger charge is 2.58. The second-order valence-corrected chi connectivity index (χ2v) is 7.91. The van der Waals surface area contributed by atoms with Crippen molar-refractivity contribution >= 4 is 12.1 Å². The molecule has 2 fully saturated rings. The lowest BCUT2D eigenvalue weighted by molar-refractivity contribution is -0.197. The Hall–Kier alpha value is -1.34. The molecule has 0 spiro atoms. The van der Waals surface area contributed by atoms with Crippen LogP contribution in [0.15, 0.2) is 0 Å². The van der Waals surface area contributed by atoms with E-state index in [0.717, 1.165) is 0 Å². The molecule has 0 atom stereocenters. The molecule has 7 nitrogen and oxygen atoms in total. The van der Waals surface area contributed by atoms with Crippen molar-refractivity contribution in [2.45, 2.75) is 64.6 Å². The van der Waals surface area contributed by atoms with Gasteiger partial charge in [-0.2, -0.15) is 0 Å². The van der Waals surface area contributed by atoms with Gasteiger partial charge in [-0.25, -0.2) is 4.79 Å². The number of likely N-dealkylation sites (tertiary alicyclic amines) is 1. The summed E-state index contributed by atoms with van der Waals surface area (Å²) in [6.45, 7) is 9.06. The van der Waals surface area contributed by atoms with Gasteiger partial charge in [0, 0.05) is 39.1 Å². The summed E-state index contributed by atoms with van der Waals surface area (Å²) < 4.78 is 16.1. The molecule has 0 saturated carbocycles. The van der Waals surface area contributed by atoms with Gasteiger partial charge < -0.3 is 24.2 Å². The van der Waals surface area contributed by atoms with Gasteiger partial charge in [0.25, 0.3) is 0 Å². The Morgan fingerprint density at radius 3 is 2.16 bits per heavy atom. The number of esters is 1. The number of rotatable bonds is 3. The van der Waals surface area contributed by atoms with Gasteiger partial charge in [0.15, 0.2) is 0 Å². The van der Waals surface area contributed by atoms with Gasteiger partial charge in [-0.05, 0) is 40.5 Å². The van der Waals surface area contributed by atoms with E-state index >= 15 is 0 Å². The Balaban J connectivity index is 2.15. The van der Waals surface area contributed by atoms with Crippen LogP contribution in [0.25, 0.3) is 0 Å². The van der Waals surface area contributed by atoms with Gasteiger partial charge in [-0.3, -0.25) is 4.79 Å². The topological polar surface area (TPSA) is 85.3 Å². The lowest BCUT2D eigenvalue weighted by atomic mass is 9.62. The number of aliphatic hydroxyl groups is 1. The van der Waals surface area contributed by atoms with Crippen LogP contribution in [0, 0.1) is 5.41 Å². The molecule has 0 aromatic heterocycles. The number of nitrogens with zero attached hydrogens (tertiary/aromatic N) is 1. The maximum Gasteiger partial charge on any atom is 0.410 e. The maximum absolute atomic E-state index is 12.8. The van der Waals surface area contributed by atoms with Crippen molar-refractivity contribution < 1.29 is 28.9 Å². The highest BCUT2D eigenvalue weighted by molar-refractivity contribution is 5.79. The Kier molecular flexibility index (Phi) is 5.99. The molecule has 0 radical (unpaired) electrons. The Morgan fingerprint density at radius 1 is 1.12 bits per heavy atom. The van der Waals surface area contributed by atoms with Crippen LogP contribution in [0.4, 0.5) is 4.79 Å². The van der Waals surface area contributed by atoms with Crippen molar-refractivity contribution in [3.63, 3.8) is 0 Å². The average Bonchev–Trinajstić information content (AvgIpc) is 2.54. The smallest absolute Gasteiger partial charge is 0.410 e. The van der Waals surface area contributed by atoms with E-state index in [0.29, 0.717) is 52.0 Å². The number of ether oxygens (including phenoxy) is 3. The van der Waals surface area contributed by atoms with Crippen LogP contribution in [-0.2, 0) is 19.0 Å². The van der Waals surface area contributed by atoms with Crippen LogP contribution in [0.3, 0.4) is 0 Å². The van der Waals surface area contributed by atoms with E-state index in [1.165, 1.54) is 0 Å². The minimum Gasteiger partial charge on any atom is -0.465 e. The van der Waals surface area contributed by atoms with Crippen molar-refractivity contribution in [3.05, 3.63) is 0 Å². The monoisotopic (exact) mass is 357 g/mol.